The molecular formula is C22H26N2O4. The molecule has 1 heterocycles. The van der Waals surface area contributed by atoms with E-state index in [1.54, 1.807) is 6.92 Å². The van der Waals surface area contributed by atoms with E-state index in [2.05, 4.69) is 0 Å². The number of aryl methyl sites for hydroxylation is 2. The first kappa shape index (κ1) is 21.2. The van der Waals surface area contributed by atoms with Crippen molar-refractivity contribution in [2.75, 3.05) is 0 Å². The van der Waals surface area contributed by atoms with Gasteiger partial charge >= 0.3 is 0 Å². The molecule has 0 amide bonds. The van der Waals surface area contributed by atoms with Crippen molar-refractivity contribution < 1.29 is 14.6 Å². The zero-order chi connectivity index (χ0) is 21.2. The van der Waals surface area contributed by atoms with Gasteiger partial charge in [-0.2, -0.15) is 5.26 Å². The van der Waals surface area contributed by atoms with E-state index in [0.717, 1.165) is 15.7 Å². The van der Waals surface area contributed by atoms with Crippen LogP contribution in [-0.2, 0) is 6.54 Å². The third-order valence-electron chi connectivity index (χ3n) is 4.47. The maximum absolute atomic E-state index is 13.1. The number of rotatable bonds is 6. The summed E-state index contributed by atoms with van der Waals surface area (Å²) in [7, 11) is 0. The van der Waals surface area contributed by atoms with Gasteiger partial charge in [-0.3, -0.25) is 14.2 Å². The predicted octanol–water partition coefficient (Wildman–Crippen LogP) is 3.66. The second-order valence-corrected chi connectivity index (χ2v) is 7.57. The van der Waals surface area contributed by atoms with Crippen molar-refractivity contribution in [1.82, 2.24) is 4.57 Å². The summed E-state index contributed by atoms with van der Waals surface area (Å²) in [6.45, 7) is 10.9. The van der Waals surface area contributed by atoms with Gasteiger partial charge in [0.05, 0.1) is 5.56 Å². The lowest BCUT2D eigenvalue weighted by molar-refractivity contribution is 0.0812. The highest BCUT2D eigenvalue weighted by Gasteiger charge is 2.28. The van der Waals surface area contributed by atoms with Gasteiger partial charge in [-0.05, 0) is 62.4 Å². The van der Waals surface area contributed by atoms with Crippen LogP contribution in [0.3, 0.4) is 0 Å². The fraction of sp³-hybridized carbons (Fsp3) is 0.409. The summed E-state index contributed by atoms with van der Waals surface area (Å²) < 4.78 is 6.89. The van der Waals surface area contributed by atoms with Gasteiger partial charge in [-0.1, -0.05) is 19.9 Å². The van der Waals surface area contributed by atoms with Crippen LogP contribution < -0.4 is 10.3 Å². The summed E-state index contributed by atoms with van der Waals surface area (Å²) in [6, 6.07) is 7.51. The van der Waals surface area contributed by atoms with E-state index in [1.165, 1.54) is 6.92 Å². The highest BCUT2D eigenvalue weighted by Crippen LogP contribution is 2.26. The van der Waals surface area contributed by atoms with E-state index in [4.69, 9.17) is 4.74 Å². The third-order valence-corrected chi connectivity index (χ3v) is 4.47. The Morgan fingerprint density at radius 3 is 2.25 bits per heavy atom. The Balaban J connectivity index is 2.52. The average Bonchev–Trinajstić information content (AvgIpc) is 2.57. The van der Waals surface area contributed by atoms with Gasteiger partial charge < -0.3 is 9.84 Å². The minimum absolute atomic E-state index is 0.0461. The van der Waals surface area contributed by atoms with Crippen LogP contribution in [0.2, 0.25) is 0 Å². The number of nitrogens with zero attached hydrogens (tertiary/aromatic N) is 2. The van der Waals surface area contributed by atoms with Crippen LogP contribution in [0.4, 0.5) is 0 Å². The maximum atomic E-state index is 13.1. The fourth-order valence-corrected chi connectivity index (χ4v) is 3.24. The zero-order valence-electron chi connectivity index (χ0n) is 17.2. The molecule has 0 aliphatic heterocycles. The van der Waals surface area contributed by atoms with Crippen molar-refractivity contribution in [2.24, 2.45) is 5.92 Å². The van der Waals surface area contributed by atoms with E-state index in [1.807, 2.05) is 52.0 Å². The Hall–Kier alpha value is -3.07. The highest BCUT2D eigenvalue weighted by molar-refractivity contribution is 6.03. The molecule has 0 aliphatic carbocycles. The van der Waals surface area contributed by atoms with Crippen molar-refractivity contribution in [1.29, 1.82) is 5.26 Å². The third kappa shape index (κ3) is 4.25. The second-order valence-electron chi connectivity index (χ2n) is 7.57. The van der Waals surface area contributed by atoms with Crippen LogP contribution in [0.25, 0.3) is 0 Å². The molecule has 2 aromatic rings. The van der Waals surface area contributed by atoms with Gasteiger partial charge in [0.1, 0.15) is 17.4 Å². The molecule has 0 bridgehead atoms. The van der Waals surface area contributed by atoms with E-state index in [0.29, 0.717) is 5.75 Å². The largest absolute Gasteiger partial charge is 0.494 e. The van der Waals surface area contributed by atoms with Crippen molar-refractivity contribution in [3.05, 3.63) is 56.4 Å². The van der Waals surface area contributed by atoms with E-state index in [-0.39, 0.29) is 29.2 Å². The van der Waals surface area contributed by atoms with Crippen LogP contribution in [0, 0.1) is 38.0 Å². The lowest BCUT2D eigenvalue weighted by Gasteiger charge is -2.20. The lowest BCUT2D eigenvalue weighted by atomic mass is 9.98. The highest BCUT2D eigenvalue weighted by atomic mass is 16.5. The number of hydrogen-bond acceptors (Lipinski definition) is 5. The van der Waals surface area contributed by atoms with Crippen LogP contribution in [-0.4, -0.2) is 21.6 Å². The Bertz CT molecular complexity index is 992. The van der Waals surface area contributed by atoms with Crippen LogP contribution in [0.1, 0.15) is 53.4 Å². The van der Waals surface area contributed by atoms with Crippen LogP contribution in [0.5, 0.6) is 11.6 Å². The molecule has 148 valence electrons. The van der Waals surface area contributed by atoms with Gasteiger partial charge in [0, 0.05) is 6.54 Å². The summed E-state index contributed by atoms with van der Waals surface area (Å²) in [5, 5.41) is 20.1. The minimum Gasteiger partial charge on any atom is -0.494 e. The molecule has 1 N–H and O–H groups in total. The maximum Gasteiger partial charge on any atom is 0.271 e. The molecule has 1 aromatic carbocycles. The molecular weight excluding hydrogens is 356 g/mol. The monoisotopic (exact) mass is 382 g/mol. The number of aromatic hydroxyl groups is 1. The topological polar surface area (TPSA) is 92.3 Å². The average molecular weight is 382 g/mol. The normalized spacial score (nSPS) is 11.9. The van der Waals surface area contributed by atoms with Crippen molar-refractivity contribution >= 4 is 5.78 Å². The Labute approximate surface area is 165 Å². The smallest absolute Gasteiger partial charge is 0.271 e. The number of pyridine rings is 1. The summed E-state index contributed by atoms with van der Waals surface area (Å²) in [4.78, 5) is 25.6. The molecule has 1 aromatic heterocycles. The molecule has 1 atom stereocenters. The van der Waals surface area contributed by atoms with Gasteiger partial charge in [0.25, 0.3) is 5.56 Å². The quantitative estimate of drug-likeness (QED) is 0.770. The molecule has 0 aliphatic rings. The number of aromatic nitrogens is 1. The van der Waals surface area contributed by atoms with E-state index < -0.39 is 23.3 Å². The molecule has 6 nitrogen and oxygen atoms in total. The number of nitriles is 1. The van der Waals surface area contributed by atoms with Gasteiger partial charge in [-0.25, -0.2) is 0 Å². The summed E-state index contributed by atoms with van der Waals surface area (Å²) in [5.74, 6) is -0.310. The van der Waals surface area contributed by atoms with Gasteiger partial charge in [-0.15, -0.1) is 0 Å². The van der Waals surface area contributed by atoms with Gasteiger partial charge in [0.15, 0.2) is 6.10 Å². The molecule has 6 heteroatoms. The summed E-state index contributed by atoms with van der Waals surface area (Å²) in [5.41, 5.74) is 1.41. The second kappa shape index (κ2) is 8.30. The first-order valence-electron chi connectivity index (χ1n) is 9.22. The molecule has 0 radical (unpaired) electrons. The number of ketones is 1. The number of ether oxygens (including phenoxy) is 1. The molecule has 28 heavy (non-hydrogen) atoms. The molecule has 1 unspecified atom stereocenters. The van der Waals surface area contributed by atoms with Gasteiger partial charge in [0.2, 0.25) is 11.7 Å². The van der Waals surface area contributed by atoms with Crippen molar-refractivity contribution in [3.8, 4) is 17.7 Å². The van der Waals surface area contributed by atoms with E-state index in [9.17, 15) is 20.0 Å². The van der Waals surface area contributed by atoms with E-state index >= 15 is 0 Å². The zero-order valence-corrected chi connectivity index (χ0v) is 17.2. The molecule has 0 fully saturated rings. The molecule has 0 saturated carbocycles. The first-order valence-corrected chi connectivity index (χ1v) is 9.22. The standard InChI is InChI=1S/C22H26N2O4/c1-12(2)11-24-21(26)18(10-23)15(5)19(22(24)27)20(25)16(6)28-17-8-13(3)7-14(4)9-17/h7-9,12,16,27H,11H2,1-6H3. The van der Waals surface area contributed by atoms with Crippen LogP contribution >= 0.6 is 0 Å². The first-order chi connectivity index (χ1) is 13.1. The summed E-state index contributed by atoms with van der Waals surface area (Å²) in [6.07, 6.45) is -0.901. The fourth-order valence-electron chi connectivity index (χ4n) is 3.24. The molecule has 2 rings (SSSR count). The summed E-state index contributed by atoms with van der Waals surface area (Å²) >= 11 is 0. The number of carbonyl (C=O) groups is 1. The number of benzene rings is 1. The van der Waals surface area contributed by atoms with Crippen molar-refractivity contribution in [2.45, 2.75) is 54.2 Å². The molecule has 0 saturated heterocycles. The molecule has 0 spiro atoms. The lowest BCUT2D eigenvalue weighted by Crippen LogP contribution is -2.31. The minimum atomic E-state index is -0.901. The van der Waals surface area contributed by atoms with Crippen LogP contribution in [0.15, 0.2) is 23.0 Å². The Morgan fingerprint density at radius 1 is 1.18 bits per heavy atom. The Kier molecular flexibility index (Phi) is 6.30. The predicted molar refractivity (Wildman–Crippen MR) is 107 cm³/mol. The van der Waals surface area contributed by atoms with Crippen molar-refractivity contribution in [3.63, 3.8) is 0 Å². The number of carbonyl (C=O) groups excluding carboxylic acids is 1. The Morgan fingerprint density at radius 2 is 1.75 bits per heavy atom. The number of hydrogen-bond donors (Lipinski definition) is 1. The number of Topliss-reactive ketones (excluding diaryl/α,β-unsaturated/α-hetero) is 1. The SMILES string of the molecule is Cc1cc(C)cc(OC(C)C(=O)c2c(C)c(C#N)c(=O)n(CC(C)C)c2O)c1.